The number of rotatable bonds is 13. The van der Waals surface area contributed by atoms with E-state index >= 15 is 0 Å². The Bertz CT molecular complexity index is 1310. The number of allylic oxidation sites excluding steroid dienone is 1. The van der Waals surface area contributed by atoms with Crippen molar-refractivity contribution >= 4 is 54.0 Å². The van der Waals surface area contributed by atoms with E-state index in [1.807, 2.05) is 71.0 Å². The lowest BCUT2D eigenvalue weighted by atomic mass is 9.76. The fourth-order valence-corrected chi connectivity index (χ4v) is 6.41. The van der Waals surface area contributed by atoms with Gasteiger partial charge in [-0.25, -0.2) is 9.59 Å². The zero-order valence-corrected chi connectivity index (χ0v) is 33.4. The molecule has 0 fully saturated rings. The van der Waals surface area contributed by atoms with E-state index in [4.69, 9.17) is 9.47 Å². The number of carbonyl (C=O) groups excluding carboxylic acids is 4. The van der Waals surface area contributed by atoms with Crippen LogP contribution in [0.3, 0.4) is 0 Å². The van der Waals surface area contributed by atoms with Gasteiger partial charge < -0.3 is 19.7 Å². The molecule has 0 heterocycles. The van der Waals surface area contributed by atoms with Gasteiger partial charge in [0.15, 0.2) is 0 Å². The number of halogens is 1. The first-order valence-corrected chi connectivity index (χ1v) is 20.1. The highest BCUT2D eigenvalue weighted by Crippen LogP contribution is 2.34. The maximum atomic E-state index is 14.4. The molecule has 9 nitrogen and oxygen atoms in total. The summed E-state index contributed by atoms with van der Waals surface area (Å²) in [5, 5.41) is 3.02. The fraction of sp³-hybridized carbons (Fsp3) is 0.622. The number of benzene rings is 1. The van der Waals surface area contributed by atoms with Crippen molar-refractivity contribution < 1.29 is 28.7 Å². The summed E-state index contributed by atoms with van der Waals surface area (Å²) in [6.07, 6.45) is 8.24. The minimum absolute atomic E-state index is 0.145. The molecular formula is C37H56IN3O6S. The topological polar surface area (TPSA) is 105 Å². The average Bonchev–Trinajstić information content (AvgIpc) is 3.01. The molecule has 11 heteroatoms. The Kier molecular flexibility index (Phi) is 16.0. The van der Waals surface area contributed by atoms with Crippen molar-refractivity contribution in [3.63, 3.8) is 0 Å². The molecule has 0 saturated carbocycles. The van der Waals surface area contributed by atoms with Gasteiger partial charge >= 0.3 is 12.1 Å². The number of ether oxygens (including phenoxy) is 2. The van der Waals surface area contributed by atoms with Crippen molar-refractivity contribution in [1.82, 2.24) is 15.1 Å². The van der Waals surface area contributed by atoms with Gasteiger partial charge in [0, 0.05) is 37.4 Å². The third-order valence-electron chi connectivity index (χ3n) is 8.98. The molecule has 3 atom stereocenters. The molecule has 0 aromatic heterocycles. The van der Waals surface area contributed by atoms with Crippen LogP contribution in [0.1, 0.15) is 86.6 Å². The van der Waals surface area contributed by atoms with Gasteiger partial charge in [-0.2, -0.15) is 0 Å². The zero-order valence-electron chi connectivity index (χ0n) is 30.4. The van der Waals surface area contributed by atoms with Crippen molar-refractivity contribution in [3.05, 3.63) is 59.7 Å². The van der Waals surface area contributed by atoms with E-state index in [2.05, 4.69) is 46.4 Å². The van der Waals surface area contributed by atoms with Crippen LogP contribution in [0.15, 0.2) is 54.1 Å². The SMILES string of the molecule is C/C(=C\CN(C)C(=O)C(NC(=O)C(N(C)C(=O)O[C@H]1/C=C/CCC(C)(C)CC1)C(C)(C)c1ccccc1)C(C)(C)C)C(=O)OCCSI. The number of hydrogen-bond acceptors (Lipinski definition) is 7. The van der Waals surface area contributed by atoms with Crippen molar-refractivity contribution in [3.8, 4) is 0 Å². The summed E-state index contributed by atoms with van der Waals surface area (Å²) in [7, 11) is 4.77. The van der Waals surface area contributed by atoms with Crippen LogP contribution in [0, 0.1) is 10.8 Å². The quantitative estimate of drug-likeness (QED) is 0.0726. The first-order valence-electron chi connectivity index (χ1n) is 16.6. The summed E-state index contributed by atoms with van der Waals surface area (Å²) in [6.45, 7) is 16.0. The second-order valence-corrected chi connectivity index (χ2v) is 17.6. The lowest BCUT2D eigenvalue weighted by molar-refractivity contribution is -0.140. The van der Waals surface area contributed by atoms with E-state index in [1.165, 1.54) is 9.80 Å². The molecule has 2 unspecified atom stereocenters. The molecule has 1 aromatic carbocycles. The van der Waals surface area contributed by atoms with Crippen LogP contribution in [-0.2, 0) is 29.3 Å². The Hall–Kier alpha value is -2.54. The third-order valence-corrected chi connectivity index (χ3v) is 10.6. The number of amides is 3. The molecule has 1 aliphatic carbocycles. The molecule has 0 aliphatic heterocycles. The van der Waals surface area contributed by atoms with Crippen LogP contribution in [-0.4, -0.2) is 84.9 Å². The molecule has 1 aliphatic rings. The van der Waals surface area contributed by atoms with Crippen LogP contribution in [0.2, 0.25) is 0 Å². The molecule has 1 N–H and O–H groups in total. The highest BCUT2D eigenvalue weighted by atomic mass is 127. The molecular weight excluding hydrogens is 741 g/mol. The summed E-state index contributed by atoms with van der Waals surface area (Å²) >= 11 is 2.15. The Labute approximate surface area is 304 Å². The van der Waals surface area contributed by atoms with Gasteiger partial charge in [0.25, 0.3) is 0 Å². The average molecular weight is 798 g/mol. The monoisotopic (exact) mass is 797 g/mol. The second kappa shape index (κ2) is 18.5. The normalized spacial score (nSPS) is 18.7. The number of likely N-dealkylation sites (N-methyl/N-ethyl adjacent to an activating group) is 2. The van der Waals surface area contributed by atoms with Gasteiger partial charge in [0.2, 0.25) is 11.8 Å². The summed E-state index contributed by atoms with van der Waals surface area (Å²) < 4.78 is 11.3. The van der Waals surface area contributed by atoms with Gasteiger partial charge in [0.05, 0.1) is 0 Å². The number of carbonyl (C=O) groups is 4. The van der Waals surface area contributed by atoms with E-state index < -0.39 is 47.0 Å². The predicted octanol–water partition coefficient (Wildman–Crippen LogP) is 7.49. The van der Waals surface area contributed by atoms with Crippen LogP contribution < -0.4 is 5.32 Å². The Morgan fingerprint density at radius 2 is 1.73 bits per heavy atom. The van der Waals surface area contributed by atoms with Gasteiger partial charge in [-0.1, -0.05) is 99.9 Å². The van der Waals surface area contributed by atoms with E-state index in [0.29, 0.717) is 24.4 Å². The Morgan fingerprint density at radius 3 is 2.33 bits per heavy atom. The van der Waals surface area contributed by atoms with Crippen molar-refractivity contribution in [2.75, 3.05) is 33.0 Å². The molecule has 0 bridgehead atoms. The van der Waals surface area contributed by atoms with Crippen LogP contribution in [0.4, 0.5) is 4.79 Å². The minimum atomic E-state index is -1.01. The summed E-state index contributed by atoms with van der Waals surface area (Å²) in [5.41, 5.74) is -0.126. The van der Waals surface area contributed by atoms with Crippen molar-refractivity contribution in [2.24, 2.45) is 10.8 Å². The summed E-state index contributed by atoms with van der Waals surface area (Å²) in [4.78, 5) is 57.3. The predicted molar refractivity (Wildman–Crippen MR) is 203 cm³/mol. The van der Waals surface area contributed by atoms with Crippen LogP contribution >= 0.6 is 30.1 Å². The van der Waals surface area contributed by atoms with Gasteiger partial charge in [-0.05, 0) is 76.3 Å². The van der Waals surface area contributed by atoms with Crippen molar-refractivity contribution in [1.29, 1.82) is 0 Å². The van der Waals surface area contributed by atoms with Gasteiger partial charge in [0.1, 0.15) is 24.8 Å². The van der Waals surface area contributed by atoms with Gasteiger partial charge in [-0.3, -0.25) is 14.5 Å². The molecule has 3 amide bonds. The zero-order chi connectivity index (χ0) is 36.3. The highest BCUT2D eigenvalue weighted by Gasteiger charge is 2.45. The lowest BCUT2D eigenvalue weighted by Crippen LogP contribution is -2.62. The molecule has 2 rings (SSSR count). The number of nitrogens with one attached hydrogen (secondary N) is 1. The second-order valence-electron chi connectivity index (χ2n) is 15.1. The maximum absolute atomic E-state index is 14.4. The minimum Gasteiger partial charge on any atom is -0.461 e. The number of nitrogens with zero attached hydrogens (tertiary/aromatic N) is 2. The fourth-order valence-electron chi connectivity index (χ4n) is 5.72. The molecule has 48 heavy (non-hydrogen) atoms. The molecule has 0 spiro atoms. The van der Waals surface area contributed by atoms with Crippen LogP contribution in [0.25, 0.3) is 0 Å². The number of hydrogen-bond donors (Lipinski definition) is 1. The number of esters is 1. The Balaban J connectivity index is 2.36. The highest BCUT2D eigenvalue weighted by molar-refractivity contribution is 14.2. The van der Waals surface area contributed by atoms with E-state index in [-0.39, 0.29) is 17.9 Å². The van der Waals surface area contributed by atoms with E-state index in [0.717, 1.165) is 24.8 Å². The molecule has 268 valence electrons. The third kappa shape index (κ3) is 12.4. The molecule has 0 radical (unpaired) electrons. The van der Waals surface area contributed by atoms with Gasteiger partial charge in [-0.15, -0.1) is 0 Å². The van der Waals surface area contributed by atoms with E-state index in [1.54, 1.807) is 36.0 Å². The smallest absolute Gasteiger partial charge is 0.410 e. The first kappa shape index (κ1) is 41.6. The largest absolute Gasteiger partial charge is 0.461 e. The summed E-state index contributed by atoms with van der Waals surface area (Å²) in [6, 6.07) is 7.62. The standard InChI is InChI=1S/C37H56IN3O6S/c1-26(33(44)46-24-25-48-38)20-23-40(9)32(43)29(35(2,3)4)39-31(42)30(37(7,8)27-16-12-11-13-17-27)41(10)34(45)47-28-18-14-15-21-36(5,6)22-19-28/h11-14,16-18,20,28-30H,15,19,21-25H2,1-10H3,(H,39,42)/b18-14+,26-20+/t28-,29?,30?/m0/s1. The van der Waals surface area contributed by atoms with E-state index in [9.17, 15) is 19.2 Å². The van der Waals surface area contributed by atoms with Crippen molar-refractivity contribution in [2.45, 2.75) is 105 Å². The Morgan fingerprint density at radius 1 is 1.08 bits per heavy atom. The van der Waals surface area contributed by atoms with Crippen LogP contribution in [0.5, 0.6) is 0 Å². The molecule has 1 aromatic rings. The first-order chi connectivity index (χ1) is 22.3. The molecule has 0 saturated heterocycles. The maximum Gasteiger partial charge on any atom is 0.410 e. The summed E-state index contributed by atoms with van der Waals surface area (Å²) in [5.74, 6) is -0.529. The lowest BCUT2D eigenvalue weighted by Gasteiger charge is -2.41.